The molecule has 0 bridgehead atoms. The van der Waals surface area contributed by atoms with E-state index in [2.05, 4.69) is 0 Å². The Balaban J connectivity index is 2.15. The number of allylic oxidation sites excluding steroid dienone is 1. The van der Waals surface area contributed by atoms with Crippen LogP contribution in [0.5, 0.6) is 0 Å². The number of hydrogen-bond donors (Lipinski definition) is 0. The zero-order valence-corrected chi connectivity index (χ0v) is 12.1. The summed E-state index contributed by atoms with van der Waals surface area (Å²) in [6.07, 6.45) is 4.05. The Kier molecular flexibility index (Phi) is 4.33. The lowest BCUT2D eigenvalue weighted by Gasteiger charge is -2.00. The Labute approximate surface area is 122 Å². The van der Waals surface area contributed by atoms with Gasteiger partial charge in [-0.3, -0.25) is 4.79 Å². The van der Waals surface area contributed by atoms with Crippen LogP contribution in [0.25, 0.3) is 6.08 Å². The average Bonchev–Trinajstić information content (AvgIpc) is 2.45. The van der Waals surface area contributed by atoms with E-state index < -0.39 is 9.84 Å². The molecule has 3 nitrogen and oxygen atoms in total. The molecule has 2 aromatic carbocycles. The molecule has 0 amide bonds. The minimum atomic E-state index is -3.27. The standard InChI is InChI=1S/C16H13FO3S/c1-21(19,20)15-9-5-13(6-10-15)16(18)11-4-12-2-7-14(17)8-3-12/h2-11H,1H3/b11-4+. The van der Waals surface area contributed by atoms with Crippen LogP contribution in [0.2, 0.25) is 0 Å². The Bertz CT molecular complexity index is 773. The highest BCUT2D eigenvalue weighted by Gasteiger charge is 2.08. The highest BCUT2D eigenvalue weighted by atomic mass is 32.2. The summed E-state index contributed by atoms with van der Waals surface area (Å²) >= 11 is 0. The molecule has 5 heteroatoms. The van der Waals surface area contributed by atoms with E-state index in [1.54, 1.807) is 18.2 Å². The molecule has 21 heavy (non-hydrogen) atoms. The third-order valence-corrected chi connectivity index (χ3v) is 3.99. The van der Waals surface area contributed by atoms with Gasteiger partial charge in [0.15, 0.2) is 15.6 Å². The van der Waals surface area contributed by atoms with E-state index in [1.807, 2.05) is 0 Å². The van der Waals surface area contributed by atoms with Crippen LogP contribution < -0.4 is 0 Å². The summed E-state index contributed by atoms with van der Waals surface area (Å²) in [5.74, 6) is -0.589. The molecule has 2 rings (SSSR count). The van der Waals surface area contributed by atoms with E-state index in [0.717, 1.165) is 6.26 Å². The molecule has 0 radical (unpaired) electrons. The monoisotopic (exact) mass is 304 g/mol. The van der Waals surface area contributed by atoms with Crippen molar-refractivity contribution in [1.82, 2.24) is 0 Å². The molecule has 108 valence electrons. The van der Waals surface area contributed by atoms with Crippen molar-refractivity contribution in [3.05, 3.63) is 71.6 Å². The van der Waals surface area contributed by atoms with Crippen LogP contribution in [-0.4, -0.2) is 20.5 Å². The molecule has 0 aromatic heterocycles. The average molecular weight is 304 g/mol. The maximum atomic E-state index is 12.7. The molecule has 0 fully saturated rings. The van der Waals surface area contributed by atoms with Crippen molar-refractivity contribution in [2.45, 2.75) is 4.90 Å². The maximum Gasteiger partial charge on any atom is 0.185 e. The second-order valence-corrected chi connectivity index (χ2v) is 6.56. The Morgan fingerprint density at radius 1 is 1.00 bits per heavy atom. The summed E-state index contributed by atoms with van der Waals surface area (Å²) in [4.78, 5) is 12.1. The summed E-state index contributed by atoms with van der Waals surface area (Å²) in [6, 6.07) is 11.5. The molecule has 0 heterocycles. The van der Waals surface area contributed by atoms with Crippen LogP contribution in [-0.2, 0) is 9.84 Å². The third-order valence-electron chi connectivity index (χ3n) is 2.86. The number of benzene rings is 2. The third kappa shape index (κ3) is 4.10. The fourth-order valence-corrected chi connectivity index (χ4v) is 2.34. The number of hydrogen-bond acceptors (Lipinski definition) is 3. The fourth-order valence-electron chi connectivity index (χ4n) is 1.71. The Morgan fingerprint density at radius 2 is 1.57 bits per heavy atom. The first kappa shape index (κ1) is 15.1. The van der Waals surface area contributed by atoms with E-state index in [4.69, 9.17) is 0 Å². The van der Waals surface area contributed by atoms with Gasteiger partial charge in [0.25, 0.3) is 0 Å². The molecule has 0 aliphatic rings. The van der Waals surface area contributed by atoms with Gasteiger partial charge in [0, 0.05) is 11.8 Å². The number of ketones is 1. The first-order valence-corrected chi connectivity index (χ1v) is 8.03. The molecular formula is C16H13FO3S. The summed E-state index contributed by atoms with van der Waals surface area (Å²) in [5.41, 5.74) is 1.10. The van der Waals surface area contributed by atoms with Gasteiger partial charge in [-0.15, -0.1) is 0 Å². The summed E-state index contributed by atoms with van der Waals surface area (Å²) in [7, 11) is -3.27. The Morgan fingerprint density at radius 3 is 2.10 bits per heavy atom. The first-order valence-electron chi connectivity index (χ1n) is 6.14. The highest BCUT2D eigenvalue weighted by molar-refractivity contribution is 7.90. The van der Waals surface area contributed by atoms with Gasteiger partial charge in [0.1, 0.15) is 5.82 Å². The van der Waals surface area contributed by atoms with Gasteiger partial charge in [0.2, 0.25) is 0 Å². The van der Waals surface area contributed by atoms with Gasteiger partial charge in [0.05, 0.1) is 4.90 Å². The normalized spacial score (nSPS) is 11.7. The van der Waals surface area contributed by atoms with Crippen molar-refractivity contribution in [2.75, 3.05) is 6.26 Å². The van der Waals surface area contributed by atoms with Gasteiger partial charge < -0.3 is 0 Å². The minimum absolute atomic E-state index is 0.168. The van der Waals surface area contributed by atoms with E-state index in [1.165, 1.54) is 42.5 Å². The smallest absolute Gasteiger partial charge is 0.185 e. The zero-order valence-electron chi connectivity index (χ0n) is 11.3. The van der Waals surface area contributed by atoms with Crippen molar-refractivity contribution in [1.29, 1.82) is 0 Å². The van der Waals surface area contributed by atoms with Crippen LogP contribution >= 0.6 is 0 Å². The van der Waals surface area contributed by atoms with Crippen LogP contribution in [0.15, 0.2) is 59.5 Å². The second-order valence-electron chi connectivity index (χ2n) is 4.55. The lowest BCUT2D eigenvalue weighted by Crippen LogP contribution is -1.99. The number of halogens is 1. The van der Waals surface area contributed by atoms with E-state index in [0.29, 0.717) is 11.1 Å². The molecule has 0 unspecified atom stereocenters. The molecule has 0 aliphatic carbocycles. The molecule has 0 spiro atoms. The first-order chi connectivity index (χ1) is 9.86. The van der Waals surface area contributed by atoms with Crippen LogP contribution in [0.3, 0.4) is 0 Å². The number of rotatable bonds is 4. The minimum Gasteiger partial charge on any atom is -0.289 e. The lowest BCUT2D eigenvalue weighted by molar-refractivity contribution is 0.104. The molecule has 0 aliphatic heterocycles. The summed E-state index contributed by atoms with van der Waals surface area (Å²) in [6.45, 7) is 0. The molecule has 0 saturated heterocycles. The predicted octanol–water partition coefficient (Wildman–Crippen LogP) is 3.13. The van der Waals surface area contributed by atoms with Gasteiger partial charge in [-0.2, -0.15) is 0 Å². The van der Waals surface area contributed by atoms with Gasteiger partial charge in [-0.25, -0.2) is 12.8 Å². The molecule has 0 saturated carbocycles. The number of sulfone groups is 1. The second kappa shape index (κ2) is 6.01. The number of carbonyl (C=O) groups excluding carboxylic acids is 1. The van der Waals surface area contributed by atoms with Crippen LogP contribution in [0, 0.1) is 5.82 Å². The molecule has 2 aromatic rings. The van der Waals surface area contributed by atoms with Crippen molar-refractivity contribution in [2.24, 2.45) is 0 Å². The van der Waals surface area contributed by atoms with Crippen molar-refractivity contribution >= 4 is 21.7 Å². The largest absolute Gasteiger partial charge is 0.289 e. The highest BCUT2D eigenvalue weighted by Crippen LogP contribution is 2.12. The summed E-state index contributed by atoms with van der Waals surface area (Å²) in [5, 5.41) is 0. The van der Waals surface area contributed by atoms with Crippen molar-refractivity contribution in [3.8, 4) is 0 Å². The molecule has 0 N–H and O–H groups in total. The fraction of sp³-hybridized carbons (Fsp3) is 0.0625. The Hall–Kier alpha value is -2.27. The van der Waals surface area contributed by atoms with E-state index in [-0.39, 0.29) is 16.5 Å². The topological polar surface area (TPSA) is 51.2 Å². The predicted molar refractivity (Wildman–Crippen MR) is 79.3 cm³/mol. The van der Waals surface area contributed by atoms with E-state index in [9.17, 15) is 17.6 Å². The van der Waals surface area contributed by atoms with Gasteiger partial charge >= 0.3 is 0 Å². The maximum absolute atomic E-state index is 12.7. The molecular weight excluding hydrogens is 291 g/mol. The summed E-state index contributed by atoms with van der Waals surface area (Å²) < 4.78 is 35.4. The van der Waals surface area contributed by atoms with E-state index >= 15 is 0 Å². The SMILES string of the molecule is CS(=O)(=O)c1ccc(C(=O)/C=C/c2ccc(F)cc2)cc1. The van der Waals surface area contributed by atoms with Gasteiger partial charge in [-0.05, 0) is 48.0 Å². The lowest BCUT2D eigenvalue weighted by atomic mass is 10.1. The van der Waals surface area contributed by atoms with Crippen LogP contribution in [0.4, 0.5) is 4.39 Å². The van der Waals surface area contributed by atoms with Crippen molar-refractivity contribution in [3.63, 3.8) is 0 Å². The van der Waals surface area contributed by atoms with Crippen molar-refractivity contribution < 1.29 is 17.6 Å². The van der Waals surface area contributed by atoms with Gasteiger partial charge in [-0.1, -0.05) is 18.2 Å². The molecule has 0 atom stereocenters. The zero-order chi connectivity index (χ0) is 15.5. The van der Waals surface area contributed by atoms with Crippen LogP contribution in [0.1, 0.15) is 15.9 Å². The quantitative estimate of drug-likeness (QED) is 0.644. The number of carbonyl (C=O) groups is 1.